The van der Waals surface area contributed by atoms with Crippen molar-refractivity contribution < 1.29 is 19.5 Å². The molecule has 0 aliphatic carbocycles. The van der Waals surface area contributed by atoms with Gasteiger partial charge in [-0.05, 0) is 12.0 Å². The van der Waals surface area contributed by atoms with Gasteiger partial charge in [0.05, 0.1) is 0 Å². The molecule has 0 radical (unpaired) electrons. The number of carboxylic acid groups (broad SMARTS) is 1. The van der Waals surface area contributed by atoms with Crippen molar-refractivity contribution in [2.24, 2.45) is 11.7 Å². The molecular weight excluding hydrogens is 402 g/mol. The number of nitrogens with zero attached hydrogens (tertiary/aromatic N) is 1. The molecule has 1 aliphatic rings. The summed E-state index contributed by atoms with van der Waals surface area (Å²) in [5, 5.41) is 12.2. The van der Waals surface area contributed by atoms with E-state index in [1.54, 1.807) is 6.92 Å². The van der Waals surface area contributed by atoms with Crippen molar-refractivity contribution in [3.63, 3.8) is 0 Å². The maximum atomic E-state index is 12.4. The number of rotatable bonds is 8. The number of benzene rings is 1. The van der Waals surface area contributed by atoms with Gasteiger partial charge in [-0.15, -0.1) is 0 Å². The Morgan fingerprint density at radius 2 is 1.87 bits per heavy atom. The number of carbonyl (C=O) groups is 3. The zero-order valence-electron chi connectivity index (χ0n) is 17.4. The first-order valence-corrected chi connectivity index (χ1v) is 10.7. The molecule has 0 bridgehead atoms. The van der Waals surface area contributed by atoms with E-state index in [0.717, 1.165) is 5.56 Å². The first-order chi connectivity index (χ1) is 13.8. The van der Waals surface area contributed by atoms with Gasteiger partial charge in [-0.25, -0.2) is 4.79 Å². The Morgan fingerprint density at radius 1 is 1.27 bits per heavy atom. The van der Waals surface area contributed by atoms with Crippen molar-refractivity contribution in [1.29, 1.82) is 0 Å². The van der Waals surface area contributed by atoms with E-state index in [0.29, 0.717) is 12.2 Å². The molecule has 0 saturated carbocycles. The monoisotopic (exact) mass is 439 g/mol. The minimum atomic E-state index is -1.06. The highest BCUT2D eigenvalue weighted by molar-refractivity contribution is 7.80. The third-order valence-corrected chi connectivity index (χ3v) is 5.27. The van der Waals surface area contributed by atoms with Crippen molar-refractivity contribution in [2.75, 3.05) is 12.3 Å². The summed E-state index contributed by atoms with van der Waals surface area (Å²) in [4.78, 5) is 37.5. The molecule has 4 unspecified atom stereocenters. The number of amides is 2. The Bertz CT molecular complexity index is 672. The van der Waals surface area contributed by atoms with Crippen LogP contribution in [0.1, 0.15) is 46.6 Å². The second-order valence-corrected chi connectivity index (χ2v) is 7.45. The molecule has 8 heteroatoms. The predicted molar refractivity (Wildman–Crippen MR) is 124 cm³/mol. The zero-order chi connectivity index (χ0) is 22.0. The van der Waals surface area contributed by atoms with E-state index in [1.165, 1.54) is 4.90 Å². The average Bonchev–Trinajstić information content (AvgIpc) is 3.12. The van der Waals surface area contributed by atoms with E-state index in [4.69, 9.17) is 5.73 Å². The Hall–Kier alpha value is -2.06. The summed E-state index contributed by atoms with van der Waals surface area (Å²) in [6.07, 6.45) is 0.922. The molecule has 0 spiro atoms. The molecule has 2 amide bonds. The normalized spacial score (nSPS) is 19.6. The van der Waals surface area contributed by atoms with Gasteiger partial charge >= 0.3 is 5.97 Å². The quantitative estimate of drug-likeness (QED) is 0.465. The number of nitrogens with one attached hydrogen (secondary N) is 1. The second-order valence-electron chi connectivity index (χ2n) is 7.08. The molecule has 1 heterocycles. The average molecular weight is 440 g/mol. The maximum Gasteiger partial charge on any atom is 0.326 e. The molecule has 1 aliphatic heterocycles. The van der Waals surface area contributed by atoms with E-state index >= 15 is 0 Å². The maximum absolute atomic E-state index is 12.4. The molecular formula is C22H37N3O4S. The Morgan fingerprint density at radius 3 is 2.40 bits per heavy atom. The Balaban J connectivity index is 0.00000272. The third kappa shape index (κ3) is 8.36. The van der Waals surface area contributed by atoms with E-state index in [-0.39, 0.29) is 50.6 Å². The number of carbonyl (C=O) groups excluding carboxylic acids is 2. The van der Waals surface area contributed by atoms with E-state index in [2.05, 4.69) is 17.9 Å². The molecule has 1 saturated heterocycles. The van der Waals surface area contributed by atoms with Crippen LogP contribution in [0, 0.1) is 5.92 Å². The molecule has 1 aromatic carbocycles. The SMILES string of the molecule is C.CC.CC(CS)C(=O)N1CC(NC(=O)CC(N)Cc2ccccc2)CC1C(=O)O. The van der Waals surface area contributed by atoms with Crippen LogP contribution in [0.15, 0.2) is 30.3 Å². The van der Waals surface area contributed by atoms with Crippen LogP contribution >= 0.6 is 12.6 Å². The van der Waals surface area contributed by atoms with Crippen LogP contribution in [0.4, 0.5) is 0 Å². The number of likely N-dealkylation sites (tertiary alicyclic amines) is 1. The van der Waals surface area contributed by atoms with Crippen LogP contribution in [0.3, 0.4) is 0 Å². The Kier molecular flexibility index (Phi) is 13.1. The lowest BCUT2D eigenvalue weighted by Crippen LogP contribution is -2.44. The topological polar surface area (TPSA) is 113 Å². The van der Waals surface area contributed by atoms with E-state index < -0.39 is 18.1 Å². The first-order valence-electron chi connectivity index (χ1n) is 10.0. The standard InChI is InChI=1S/C19H27N3O4S.C2H6.CH4/c1-12(11-27)18(24)22-10-15(9-16(22)19(25)26)21-17(23)8-14(20)7-13-5-3-2-4-6-13;1-2;/h2-6,12,14-16,27H,7-11,20H2,1H3,(H,21,23)(H,25,26);1-2H3;1H4. The van der Waals surface area contributed by atoms with Gasteiger partial charge in [0.1, 0.15) is 6.04 Å². The van der Waals surface area contributed by atoms with Gasteiger partial charge < -0.3 is 21.1 Å². The van der Waals surface area contributed by atoms with Crippen LogP contribution in [0.25, 0.3) is 0 Å². The van der Waals surface area contributed by atoms with Crippen molar-refractivity contribution in [3.8, 4) is 0 Å². The van der Waals surface area contributed by atoms with Crippen LogP contribution < -0.4 is 11.1 Å². The van der Waals surface area contributed by atoms with Crippen molar-refractivity contribution in [2.45, 2.75) is 65.6 Å². The fourth-order valence-electron chi connectivity index (χ4n) is 3.29. The molecule has 4 N–H and O–H groups in total. The lowest BCUT2D eigenvalue weighted by atomic mass is 10.0. The van der Waals surface area contributed by atoms with Gasteiger partial charge in [-0.1, -0.05) is 58.5 Å². The summed E-state index contributed by atoms with van der Waals surface area (Å²) >= 11 is 4.11. The summed E-state index contributed by atoms with van der Waals surface area (Å²) in [5.74, 6) is -1.58. The first kappa shape index (κ1) is 27.9. The summed E-state index contributed by atoms with van der Waals surface area (Å²) in [6, 6.07) is 8.03. The third-order valence-electron chi connectivity index (χ3n) is 4.72. The summed E-state index contributed by atoms with van der Waals surface area (Å²) in [7, 11) is 0. The lowest BCUT2D eigenvalue weighted by Gasteiger charge is -2.24. The highest BCUT2D eigenvalue weighted by Crippen LogP contribution is 2.21. The van der Waals surface area contributed by atoms with E-state index in [1.807, 2.05) is 44.2 Å². The highest BCUT2D eigenvalue weighted by atomic mass is 32.1. The molecule has 170 valence electrons. The van der Waals surface area contributed by atoms with Crippen molar-refractivity contribution in [1.82, 2.24) is 10.2 Å². The molecule has 7 nitrogen and oxygen atoms in total. The van der Waals surface area contributed by atoms with Crippen LogP contribution in [0.5, 0.6) is 0 Å². The minimum absolute atomic E-state index is 0. The van der Waals surface area contributed by atoms with Gasteiger partial charge in [0.15, 0.2) is 0 Å². The fourth-order valence-corrected chi connectivity index (χ4v) is 3.45. The van der Waals surface area contributed by atoms with Gasteiger partial charge in [0.2, 0.25) is 11.8 Å². The molecule has 30 heavy (non-hydrogen) atoms. The Labute approximate surface area is 185 Å². The number of nitrogens with two attached hydrogens (primary N) is 1. The van der Waals surface area contributed by atoms with Crippen LogP contribution in [-0.4, -0.2) is 58.2 Å². The van der Waals surface area contributed by atoms with Gasteiger partial charge in [-0.2, -0.15) is 12.6 Å². The number of aliphatic carboxylic acids is 1. The summed E-state index contributed by atoms with van der Waals surface area (Å²) in [6.45, 7) is 5.90. The predicted octanol–water partition coefficient (Wildman–Crippen LogP) is 2.34. The largest absolute Gasteiger partial charge is 0.480 e. The molecule has 0 aromatic heterocycles. The van der Waals surface area contributed by atoms with Crippen LogP contribution in [-0.2, 0) is 20.8 Å². The lowest BCUT2D eigenvalue weighted by molar-refractivity contribution is -0.149. The smallest absolute Gasteiger partial charge is 0.326 e. The fraction of sp³-hybridized carbons (Fsp3) is 0.591. The number of hydrogen-bond acceptors (Lipinski definition) is 5. The summed E-state index contributed by atoms with van der Waals surface area (Å²) in [5.41, 5.74) is 7.12. The van der Waals surface area contributed by atoms with Crippen molar-refractivity contribution in [3.05, 3.63) is 35.9 Å². The van der Waals surface area contributed by atoms with E-state index in [9.17, 15) is 19.5 Å². The van der Waals surface area contributed by atoms with Gasteiger partial charge in [0.25, 0.3) is 0 Å². The second kappa shape index (κ2) is 14.0. The number of carboxylic acids is 1. The number of thiol groups is 1. The van der Waals surface area contributed by atoms with Gasteiger partial charge in [0, 0.05) is 43.1 Å². The number of hydrogen-bond donors (Lipinski definition) is 4. The molecule has 1 fully saturated rings. The van der Waals surface area contributed by atoms with Crippen LogP contribution in [0.2, 0.25) is 0 Å². The molecule has 2 rings (SSSR count). The molecule has 4 atom stereocenters. The van der Waals surface area contributed by atoms with Gasteiger partial charge in [-0.3, -0.25) is 9.59 Å². The summed E-state index contributed by atoms with van der Waals surface area (Å²) < 4.78 is 0. The molecule has 1 aromatic rings. The highest BCUT2D eigenvalue weighted by Gasteiger charge is 2.41. The zero-order valence-corrected chi connectivity index (χ0v) is 18.3. The minimum Gasteiger partial charge on any atom is -0.480 e. The van der Waals surface area contributed by atoms with Crippen molar-refractivity contribution >= 4 is 30.4 Å².